The second kappa shape index (κ2) is 11.0. The Morgan fingerprint density at radius 1 is 1.02 bits per heavy atom. The van der Waals surface area contributed by atoms with Crippen LogP contribution in [0.3, 0.4) is 0 Å². The lowest BCUT2D eigenvalue weighted by Gasteiger charge is -2.16. The molecule has 7 rings (SSSR count). The first-order chi connectivity index (χ1) is 22.1. The summed E-state index contributed by atoms with van der Waals surface area (Å²) in [6.45, 7) is 1.64. The predicted molar refractivity (Wildman–Crippen MR) is 159 cm³/mol. The normalized spacial score (nSPS) is 14.9. The third-order valence-electron chi connectivity index (χ3n) is 8.39. The Morgan fingerprint density at radius 2 is 1.76 bits per heavy atom. The van der Waals surface area contributed by atoms with Crippen molar-refractivity contribution in [2.24, 2.45) is 0 Å². The van der Waals surface area contributed by atoms with Crippen LogP contribution in [0, 0.1) is 6.92 Å². The van der Waals surface area contributed by atoms with E-state index in [4.69, 9.17) is 14.5 Å². The number of benzene rings is 1. The largest absolute Gasteiger partial charge is 0.480 e. The Bertz CT molecular complexity index is 2060. The maximum absolute atomic E-state index is 13.9. The van der Waals surface area contributed by atoms with Crippen molar-refractivity contribution in [2.75, 3.05) is 14.2 Å². The van der Waals surface area contributed by atoms with E-state index in [0.29, 0.717) is 33.5 Å². The third kappa shape index (κ3) is 5.16. The van der Waals surface area contributed by atoms with Gasteiger partial charge in [-0.25, -0.2) is 29.7 Å². The highest BCUT2D eigenvalue weighted by Gasteiger charge is 2.37. The summed E-state index contributed by atoms with van der Waals surface area (Å²) < 4.78 is 53.8. The monoisotopic (exact) mass is 631 g/mol. The molecule has 2 saturated carbocycles. The van der Waals surface area contributed by atoms with Gasteiger partial charge in [0.15, 0.2) is 11.5 Å². The molecule has 0 amide bonds. The number of alkyl halides is 3. The molecule has 46 heavy (non-hydrogen) atoms. The zero-order valence-electron chi connectivity index (χ0n) is 25.1. The summed E-state index contributed by atoms with van der Waals surface area (Å²) in [4.78, 5) is 48.7. The van der Waals surface area contributed by atoms with E-state index in [1.54, 1.807) is 42.0 Å². The van der Waals surface area contributed by atoms with E-state index in [9.17, 15) is 22.8 Å². The minimum atomic E-state index is -4.56. The minimum absolute atomic E-state index is 0.000879. The molecular weight excluding hydrogens is 603 g/mol. The number of carbonyl (C=O) groups excluding carboxylic acids is 1. The van der Waals surface area contributed by atoms with Crippen molar-refractivity contribution in [3.05, 3.63) is 81.4 Å². The Kier molecular flexibility index (Phi) is 7.09. The Morgan fingerprint density at radius 3 is 2.39 bits per heavy atom. The van der Waals surface area contributed by atoms with Crippen molar-refractivity contribution in [1.82, 2.24) is 34.1 Å². The van der Waals surface area contributed by atoms with Gasteiger partial charge >= 0.3 is 12.1 Å². The number of hydrogen-bond donors (Lipinski definition) is 0. The average Bonchev–Trinajstić information content (AvgIpc) is 4.00. The molecule has 4 heterocycles. The molecule has 0 unspecified atom stereocenters. The van der Waals surface area contributed by atoms with Crippen LogP contribution < -0.4 is 10.3 Å². The molecular formula is C32H28F3N7O4. The number of aromatic nitrogens is 7. The highest BCUT2D eigenvalue weighted by molar-refractivity contribution is 5.96. The van der Waals surface area contributed by atoms with E-state index in [1.165, 1.54) is 25.1 Å². The third-order valence-corrected chi connectivity index (χ3v) is 8.39. The Hall–Kier alpha value is -5.14. The number of rotatable bonds is 8. The van der Waals surface area contributed by atoms with Gasteiger partial charge in [-0.2, -0.15) is 13.2 Å². The molecule has 0 N–H and O–H groups in total. The fourth-order valence-electron chi connectivity index (χ4n) is 5.71. The molecule has 5 aromatic rings. The van der Waals surface area contributed by atoms with Crippen LogP contribution in [0.5, 0.6) is 5.88 Å². The molecule has 2 aliphatic carbocycles. The summed E-state index contributed by atoms with van der Waals surface area (Å²) in [5, 5.41) is 0.468. The molecule has 0 radical (unpaired) electrons. The van der Waals surface area contributed by atoms with Crippen molar-refractivity contribution in [2.45, 2.75) is 57.3 Å². The average molecular weight is 632 g/mol. The number of aryl methyl sites for hydroxylation is 1. The first kappa shape index (κ1) is 29.6. The molecule has 11 nitrogen and oxygen atoms in total. The second-order valence-electron chi connectivity index (χ2n) is 11.5. The SMILES string of the molecule is COC(=O)c1c(C)c2cnc(-c3c(OC)ncnc3C3CC3)nc2n(Cc2ccc(-c3nc(C(F)(F)F)cn3C3CC3)cc2)c1=O. The van der Waals surface area contributed by atoms with Crippen molar-refractivity contribution in [1.29, 1.82) is 0 Å². The Balaban J connectivity index is 1.34. The van der Waals surface area contributed by atoms with Gasteiger partial charge in [0, 0.05) is 35.3 Å². The molecule has 2 fully saturated rings. The van der Waals surface area contributed by atoms with Gasteiger partial charge in [0.1, 0.15) is 28.9 Å². The molecule has 0 atom stereocenters. The van der Waals surface area contributed by atoms with Crippen LogP contribution in [0.1, 0.15) is 70.5 Å². The summed E-state index contributed by atoms with van der Waals surface area (Å²) in [6, 6.07) is 6.76. The zero-order valence-corrected chi connectivity index (χ0v) is 25.1. The molecule has 4 aromatic heterocycles. The lowest BCUT2D eigenvalue weighted by Crippen LogP contribution is -2.30. The summed E-state index contributed by atoms with van der Waals surface area (Å²) >= 11 is 0. The fraction of sp³-hybridized carbons (Fsp3) is 0.344. The molecule has 236 valence electrons. The summed E-state index contributed by atoms with van der Waals surface area (Å²) in [6.07, 6.45) is 2.99. The number of pyridine rings is 1. The quantitative estimate of drug-likeness (QED) is 0.204. The molecule has 1 aromatic carbocycles. The number of hydrogen-bond acceptors (Lipinski definition) is 9. The van der Waals surface area contributed by atoms with E-state index in [0.717, 1.165) is 37.6 Å². The van der Waals surface area contributed by atoms with Crippen LogP contribution in [0.2, 0.25) is 0 Å². The van der Waals surface area contributed by atoms with E-state index < -0.39 is 23.4 Å². The van der Waals surface area contributed by atoms with E-state index in [2.05, 4.69) is 19.9 Å². The lowest BCUT2D eigenvalue weighted by atomic mass is 10.1. The highest BCUT2D eigenvalue weighted by Crippen LogP contribution is 2.45. The van der Waals surface area contributed by atoms with Crippen molar-refractivity contribution in [3.63, 3.8) is 0 Å². The molecule has 2 aliphatic rings. The Labute approximate surface area is 260 Å². The van der Waals surface area contributed by atoms with Gasteiger partial charge in [-0.05, 0) is 43.7 Å². The van der Waals surface area contributed by atoms with Crippen LogP contribution in [0.15, 0.2) is 47.8 Å². The van der Waals surface area contributed by atoms with Crippen LogP contribution in [0.4, 0.5) is 13.2 Å². The molecule has 0 spiro atoms. The standard InChI is InChI=1S/C32H28F3N7O4/c1-16-21-12-36-26(24-25(18-8-9-18)37-15-38-29(24)45-2)40-28(21)42(30(43)23(16)31(44)46-3)13-17-4-6-19(7-5-17)27-39-22(32(33,34)35)14-41(27)20-10-11-20/h4-7,12,14-15,18,20H,8-11,13H2,1-3H3. The number of halogens is 3. The second-order valence-corrected chi connectivity index (χ2v) is 11.5. The smallest absolute Gasteiger partial charge is 0.434 e. The van der Waals surface area contributed by atoms with Gasteiger partial charge in [-0.1, -0.05) is 24.3 Å². The zero-order chi connectivity index (χ0) is 32.3. The van der Waals surface area contributed by atoms with Crippen LogP contribution in [-0.4, -0.2) is 54.2 Å². The predicted octanol–water partition coefficient (Wildman–Crippen LogP) is 5.50. The number of imidazole rings is 1. The van der Waals surface area contributed by atoms with Crippen molar-refractivity contribution < 1.29 is 27.4 Å². The molecule has 0 saturated heterocycles. The van der Waals surface area contributed by atoms with Gasteiger partial charge in [-0.3, -0.25) is 9.36 Å². The van der Waals surface area contributed by atoms with Gasteiger partial charge < -0.3 is 14.0 Å². The lowest BCUT2D eigenvalue weighted by molar-refractivity contribution is -0.140. The first-order valence-electron chi connectivity index (χ1n) is 14.7. The van der Waals surface area contributed by atoms with Gasteiger partial charge in [-0.15, -0.1) is 0 Å². The molecule has 0 aliphatic heterocycles. The number of nitrogens with zero attached hydrogens (tertiary/aromatic N) is 7. The van der Waals surface area contributed by atoms with Crippen LogP contribution in [0.25, 0.3) is 33.8 Å². The topological polar surface area (TPSA) is 127 Å². The number of methoxy groups -OCH3 is 2. The van der Waals surface area contributed by atoms with Gasteiger partial charge in [0.05, 0.1) is 26.5 Å². The maximum atomic E-state index is 13.9. The number of ether oxygens (including phenoxy) is 2. The minimum Gasteiger partial charge on any atom is -0.480 e. The summed E-state index contributed by atoms with van der Waals surface area (Å²) in [7, 11) is 2.70. The summed E-state index contributed by atoms with van der Waals surface area (Å²) in [5.74, 6) is 0.238. The number of fused-ring (bicyclic) bond motifs is 1. The van der Waals surface area contributed by atoms with E-state index in [-0.39, 0.29) is 41.4 Å². The van der Waals surface area contributed by atoms with Gasteiger partial charge in [0.2, 0.25) is 5.88 Å². The number of carbonyl (C=O) groups is 1. The summed E-state index contributed by atoms with van der Waals surface area (Å²) in [5.41, 5.74) is 1.41. The maximum Gasteiger partial charge on any atom is 0.434 e. The van der Waals surface area contributed by atoms with Crippen LogP contribution in [-0.2, 0) is 17.5 Å². The van der Waals surface area contributed by atoms with E-state index in [1.807, 2.05) is 0 Å². The van der Waals surface area contributed by atoms with Gasteiger partial charge in [0.25, 0.3) is 5.56 Å². The van der Waals surface area contributed by atoms with E-state index >= 15 is 0 Å². The van der Waals surface area contributed by atoms with Crippen LogP contribution >= 0.6 is 0 Å². The number of esters is 1. The molecule has 0 bridgehead atoms. The fourth-order valence-corrected chi connectivity index (χ4v) is 5.71. The first-order valence-corrected chi connectivity index (χ1v) is 14.7. The van der Waals surface area contributed by atoms with Crippen molar-refractivity contribution >= 4 is 17.0 Å². The highest BCUT2D eigenvalue weighted by atomic mass is 19.4. The van der Waals surface area contributed by atoms with Crippen molar-refractivity contribution in [3.8, 4) is 28.7 Å². The molecule has 14 heteroatoms.